The average Bonchev–Trinajstić information content (AvgIpc) is 2.89. The first-order chi connectivity index (χ1) is 9.27. The van der Waals surface area contributed by atoms with Crippen molar-refractivity contribution in [2.75, 3.05) is 0 Å². The summed E-state index contributed by atoms with van der Waals surface area (Å²) in [6, 6.07) is 18.6. The Balaban J connectivity index is 2.21. The number of hydrogen-bond acceptors (Lipinski definition) is 0. The molecule has 0 aliphatic rings. The topological polar surface area (TPSA) is 8.81 Å². The zero-order valence-electron chi connectivity index (χ0n) is 11.2. The van der Waals surface area contributed by atoms with E-state index >= 15 is 0 Å². The first kappa shape index (κ1) is 11.7. The maximum Gasteiger partial charge on any atom is 0.147 e. The van der Waals surface area contributed by atoms with Crippen LogP contribution in [0.5, 0.6) is 0 Å². The Bertz CT molecular complexity index is 676. The van der Waals surface area contributed by atoms with Gasteiger partial charge in [0.05, 0.1) is 5.69 Å². The van der Waals surface area contributed by atoms with Gasteiger partial charge in [-0.25, -0.2) is 0 Å². The summed E-state index contributed by atoms with van der Waals surface area (Å²) in [5.41, 5.74) is 4.84. The number of rotatable bonds is 2. The van der Waals surface area contributed by atoms with Gasteiger partial charge in [0.15, 0.2) is 0 Å². The molecule has 2 nitrogen and oxygen atoms in total. The van der Waals surface area contributed by atoms with E-state index in [2.05, 4.69) is 55.1 Å². The van der Waals surface area contributed by atoms with E-state index in [0.717, 1.165) is 5.69 Å². The third-order valence-corrected chi connectivity index (χ3v) is 3.30. The zero-order valence-corrected chi connectivity index (χ0v) is 11.2. The van der Waals surface area contributed by atoms with Crippen LogP contribution in [0, 0.1) is 20.0 Å². The predicted octanol–water partition coefficient (Wildman–Crippen LogP) is 3.17. The van der Waals surface area contributed by atoms with Gasteiger partial charge in [-0.15, -0.1) is 0 Å². The summed E-state index contributed by atoms with van der Waals surface area (Å²) < 4.78 is 4.18. The zero-order chi connectivity index (χ0) is 13.2. The Hall–Kier alpha value is -2.35. The van der Waals surface area contributed by atoms with Crippen molar-refractivity contribution in [3.05, 3.63) is 78.1 Å². The van der Waals surface area contributed by atoms with Gasteiger partial charge < -0.3 is 0 Å². The number of nitrogens with zero attached hydrogens (tertiary/aromatic N) is 2. The minimum Gasteiger partial charge on any atom is -0.196 e. The van der Waals surface area contributed by atoms with Gasteiger partial charge in [0.1, 0.15) is 11.9 Å². The largest absolute Gasteiger partial charge is 0.196 e. The highest BCUT2D eigenvalue weighted by Crippen LogP contribution is 2.17. The molecule has 0 saturated heterocycles. The third-order valence-electron chi connectivity index (χ3n) is 3.30. The van der Waals surface area contributed by atoms with Crippen molar-refractivity contribution in [3.63, 3.8) is 0 Å². The second kappa shape index (κ2) is 4.73. The van der Waals surface area contributed by atoms with Crippen LogP contribution in [0.2, 0.25) is 0 Å². The Morgan fingerprint density at radius 2 is 1.58 bits per heavy atom. The summed E-state index contributed by atoms with van der Waals surface area (Å²) >= 11 is 0. The van der Waals surface area contributed by atoms with Crippen molar-refractivity contribution in [2.45, 2.75) is 13.8 Å². The van der Waals surface area contributed by atoms with Crippen LogP contribution in [-0.2, 0) is 0 Å². The van der Waals surface area contributed by atoms with Gasteiger partial charge in [-0.3, -0.25) is 0 Å². The van der Waals surface area contributed by atoms with E-state index < -0.39 is 0 Å². The minimum absolute atomic E-state index is 1.11. The standard InChI is InChI=1S/C17H16N2/c1-14-8-6-9-15(2)17(14)19-13-7-12-18(19)16-10-4-3-5-11-16/h3-11,13H,1-2H3. The molecular formula is C17H16N2. The molecule has 0 aliphatic heterocycles. The molecule has 0 spiro atoms. The number of aryl methyl sites for hydroxylation is 2. The van der Waals surface area contributed by atoms with Crippen LogP contribution in [0.15, 0.2) is 60.8 Å². The van der Waals surface area contributed by atoms with E-state index in [9.17, 15) is 0 Å². The van der Waals surface area contributed by atoms with E-state index in [1.165, 1.54) is 16.8 Å². The van der Waals surface area contributed by atoms with E-state index in [1.54, 1.807) is 0 Å². The van der Waals surface area contributed by atoms with Crippen LogP contribution in [0.4, 0.5) is 0 Å². The molecule has 3 aromatic rings. The molecule has 1 aromatic heterocycles. The monoisotopic (exact) mass is 248 g/mol. The molecule has 0 saturated carbocycles. The van der Waals surface area contributed by atoms with Crippen molar-refractivity contribution in [2.24, 2.45) is 0 Å². The number of benzene rings is 2. The van der Waals surface area contributed by atoms with Crippen molar-refractivity contribution in [1.29, 1.82) is 0 Å². The lowest BCUT2D eigenvalue weighted by Gasteiger charge is -2.13. The SMILES string of the molecule is Cc1cccc(C)c1-n1cc[c-][n+]1-c1ccccc1. The molecule has 19 heavy (non-hydrogen) atoms. The van der Waals surface area contributed by atoms with Gasteiger partial charge in [-0.2, -0.15) is 9.36 Å². The predicted molar refractivity (Wildman–Crippen MR) is 75.6 cm³/mol. The van der Waals surface area contributed by atoms with E-state index in [0.29, 0.717) is 0 Å². The van der Waals surface area contributed by atoms with Crippen LogP contribution in [0.3, 0.4) is 0 Å². The summed E-state index contributed by atoms with van der Waals surface area (Å²) in [5, 5.41) is 0. The highest BCUT2D eigenvalue weighted by molar-refractivity contribution is 5.45. The minimum atomic E-state index is 1.11. The molecular weight excluding hydrogens is 232 g/mol. The Kier molecular flexibility index (Phi) is 2.92. The fourth-order valence-electron chi connectivity index (χ4n) is 2.41. The number of aromatic nitrogens is 2. The normalized spacial score (nSPS) is 10.6. The molecule has 0 unspecified atom stereocenters. The van der Waals surface area contributed by atoms with Gasteiger partial charge in [0.2, 0.25) is 0 Å². The summed E-state index contributed by atoms with van der Waals surface area (Å²) in [7, 11) is 0. The molecule has 94 valence electrons. The molecule has 0 radical (unpaired) electrons. The Morgan fingerprint density at radius 3 is 2.26 bits per heavy atom. The Morgan fingerprint density at radius 1 is 0.895 bits per heavy atom. The van der Waals surface area contributed by atoms with Crippen molar-refractivity contribution < 1.29 is 4.68 Å². The molecule has 1 heterocycles. The molecule has 0 atom stereocenters. The molecule has 0 amide bonds. The van der Waals surface area contributed by atoms with E-state index in [1.807, 2.05) is 35.1 Å². The van der Waals surface area contributed by atoms with Crippen molar-refractivity contribution >= 4 is 0 Å². The van der Waals surface area contributed by atoms with E-state index in [-0.39, 0.29) is 0 Å². The molecule has 0 bridgehead atoms. The summed E-state index contributed by atoms with van der Waals surface area (Å²) in [6.07, 6.45) is 5.30. The van der Waals surface area contributed by atoms with Gasteiger partial charge in [0, 0.05) is 0 Å². The number of hydrogen-bond donors (Lipinski definition) is 0. The first-order valence-corrected chi connectivity index (χ1v) is 6.41. The van der Waals surface area contributed by atoms with Crippen LogP contribution >= 0.6 is 0 Å². The molecule has 2 aromatic carbocycles. The fourth-order valence-corrected chi connectivity index (χ4v) is 2.41. The summed E-state index contributed by atoms with van der Waals surface area (Å²) in [6.45, 7) is 4.27. The van der Waals surface area contributed by atoms with Gasteiger partial charge >= 0.3 is 0 Å². The molecule has 0 aliphatic carbocycles. The van der Waals surface area contributed by atoms with Gasteiger partial charge in [-0.1, -0.05) is 42.5 Å². The molecule has 3 rings (SSSR count). The lowest BCUT2D eigenvalue weighted by molar-refractivity contribution is -0.678. The van der Waals surface area contributed by atoms with Crippen LogP contribution < -0.4 is 4.68 Å². The second-order valence-corrected chi connectivity index (χ2v) is 4.68. The summed E-state index contributed by atoms with van der Waals surface area (Å²) in [4.78, 5) is 0. The average molecular weight is 248 g/mol. The molecule has 2 heteroatoms. The highest BCUT2D eigenvalue weighted by atomic mass is 15.4. The molecule has 0 fully saturated rings. The molecule has 0 N–H and O–H groups in total. The van der Waals surface area contributed by atoms with Crippen molar-refractivity contribution in [1.82, 2.24) is 4.68 Å². The van der Waals surface area contributed by atoms with E-state index in [4.69, 9.17) is 0 Å². The van der Waals surface area contributed by atoms with Crippen LogP contribution in [0.25, 0.3) is 11.4 Å². The Labute approximate surface area is 113 Å². The smallest absolute Gasteiger partial charge is 0.147 e. The summed E-state index contributed by atoms with van der Waals surface area (Å²) in [5.74, 6) is 0. The second-order valence-electron chi connectivity index (χ2n) is 4.68. The maximum atomic E-state index is 3.25. The van der Waals surface area contributed by atoms with Crippen molar-refractivity contribution in [3.8, 4) is 11.4 Å². The highest BCUT2D eigenvalue weighted by Gasteiger charge is 2.10. The third kappa shape index (κ3) is 2.06. The van der Waals surface area contributed by atoms with Gasteiger partial charge in [0.25, 0.3) is 0 Å². The van der Waals surface area contributed by atoms with Gasteiger partial charge in [-0.05, 0) is 43.3 Å². The lowest BCUT2D eigenvalue weighted by Crippen LogP contribution is -2.39. The maximum absolute atomic E-state index is 3.25. The van der Waals surface area contributed by atoms with Crippen LogP contribution in [-0.4, -0.2) is 4.68 Å². The first-order valence-electron chi connectivity index (χ1n) is 6.41. The lowest BCUT2D eigenvalue weighted by atomic mass is 10.1. The van der Waals surface area contributed by atoms with Crippen LogP contribution in [0.1, 0.15) is 11.1 Å². The quantitative estimate of drug-likeness (QED) is 0.486. The fraction of sp³-hybridized carbons (Fsp3) is 0.118. The number of para-hydroxylation sites is 2.